The molecule has 2 aromatic carbocycles. The van der Waals surface area contributed by atoms with E-state index in [-0.39, 0.29) is 29.3 Å². The molecule has 2 rings (SSSR count). The number of non-ortho nitro benzene ring substituents is 1. The minimum absolute atomic E-state index is 0.0237. The first-order chi connectivity index (χ1) is 15.7. The molecule has 0 aliphatic heterocycles. The van der Waals surface area contributed by atoms with Crippen molar-refractivity contribution in [3.05, 3.63) is 74.8 Å². The number of amides is 2. The third-order valence-corrected chi connectivity index (χ3v) is 6.54. The maximum absolute atomic E-state index is 13.2. The first-order valence-electron chi connectivity index (χ1n) is 10.9. The van der Waals surface area contributed by atoms with Gasteiger partial charge in [-0.3, -0.25) is 19.7 Å². The van der Waals surface area contributed by atoms with Crippen molar-refractivity contribution < 1.29 is 14.5 Å². The zero-order valence-corrected chi connectivity index (χ0v) is 20.7. The third kappa shape index (κ3) is 8.37. The van der Waals surface area contributed by atoms with E-state index in [2.05, 4.69) is 5.32 Å². The Morgan fingerprint density at radius 1 is 1.06 bits per heavy atom. The molecule has 2 atom stereocenters. The lowest BCUT2D eigenvalue weighted by molar-refractivity contribution is -0.384. The first kappa shape index (κ1) is 26.7. The van der Waals surface area contributed by atoms with E-state index in [1.165, 1.54) is 23.9 Å². The van der Waals surface area contributed by atoms with Crippen molar-refractivity contribution >= 4 is 40.9 Å². The van der Waals surface area contributed by atoms with Gasteiger partial charge in [0, 0.05) is 35.5 Å². The van der Waals surface area contributed by atoms with E-state index in [0.717, 1.165) is 17.5 Å². The van der Waals surface area contributed by atoms with Gasteiger partial charge in [0.1, 0.15) is 6.04 Å². The van der Waals surface area contributed by atoms with Crippen LogP contribution in [-0.4, -0.2) is 39.5 Å². The summed E-state index contributed by atoms with van der Waals surface area (Å²) in [5.74, 6) is 0.434. The van der Waals surface area contributed by atoms with E-state index in [9.17, 15) is 19.7 Å². The SMILES string of the molecule is CCC(C)NC(=O)C(CC)N(Cc1ccc(Cl)cc1)C(=O)CSCc1ccc([N+](=O)[O-])cc1. The van der Waals surface area contributed by atoms with Crippen LogP contribution in [0.2, 0.25) is 5.02 Å². The third-order valence-electron chi connectivity index (χ3n) is 5.29. The van der Waals surface area contributed by atoms with Crippen LogP contribution in [0.15, 0.2) is 48.5 Å². The van der Waals surface area contributed by atoms with Crippen molar-refractivity contribution in [1.29, 1.82) is 0 Å². The molecule has 2 unspecified atom stereocenters. The molecule has 0 aliphatic carbocycles. The largest absolute Gasteiger partial charge is 0.352 e. The minimum Gasteiger partial charge on any atom is -0.352 e. The highest BCUT2D eigenvalue weighted by atomic mass is 35.5. The fourth-order valence-electron chi connectivity index (χ4n) is 3.20. The molecular weight excluding hydrogens is 462 g/mol. The number of hydrogen-bond donors (Lipinski definition) is 1. The summed E-state index contributed by atoms with van der Waals surface area (Å²) < 4.78 is 0. The van der Waals surface area contributed by atoms with Crippen LogP contribution in [0.1, 0.15) is 44.7 Å². The topological polar surface area (TPSA) is 92.6 Å². The van der Waals surface area contributed by atoms with Gasteiger partial charge in [-0.05, 0) is 43.0 Å². The number of nitrogens with one attached hydrogen (secondary N) is 1. The van der Waals surface area contributed by atoms with Gasteiger partial charge in [0.2, 0.25) is 11.8 Å². The second-order valence-electron chi connectivity index (χ2n) is 7.81. The molecule has 2 aromatic rings. The zero-order valence-electron chi connectivity index (χ0n) is 19.1. The molecule has 178 valence electrons. The monoisotopic (exact) mass is 491 g/mol. The predicted molar refractivity (Wildman–Crippen MR) is 133 cm³/mol. The lowest BCUT2D eigenvalue weighted by atomic mass is 10.1. The van der Waals surface area contributed by atoms with Crippen molar-refractivity contribution in [2.45, 2.75) is 58.0 Å². The average molecular weight is 492 g/mol. The van der Waals surface area contributed by atoms with Gasteiger partial charge in [-0.15, -0.1) is 11.8 Å². The van der Waals surface area contributed by atoms with Crippen molar-refractivity contribution in [2.24, 2.45) is 0 Å². The molecular formula is C24H30ClN3O4S. The Bertz CT molecular complexity index is 938. The molecule has 9 heteroatoms. The number of rotatable bonds is 12. The van der Waals surface area contributed by atoms with Gasteiger partial charge in [-0.1, -0.05) is 49.7 Å². The van der Waals surface area contributed by atoms with Gasteiger partial charge in [0.15, 0.2) is 0 Å². The summed E-state index contributed by atoms with van der Waals surface area (Å²) in [6, 6.07) is 13.0. The summed E-state index contributed by atoms with van der Waals surface area (Å²) in [6.45, 7) is 6.14. The Kier molecular flexibility index (Phi) is 10.7. The molecule has 0 saturated carbocycles. The highest BCUT2D eigenvalue weighted by Gasteiger charge is 2.29. The number of carbonyl (C=O) groups is 2. The Morgan fingerprint density at radius 3 is 2.21 bits per heavy atom. The van der Waals surface area contributed by atoms with E-state index in [1.807, 2.05) is 32.9 Å². The van der Waals surface area contributed by atoms with Crippen molar-refractivity contribution in [3.63, 3.8) is 0 Å². The standard InChI is InChI=1S/C24H30ClN3O4S/c1-4-17(3)26-24(30)22(5-2)27(14-18-6-10-20(25)11-7-18)23(29)16-33-15-19-8-12-21(13-9-19)28(31)32/h6-13,17,22H,4-5,14-16H2,1-3H3,(H,26,30). The smallest absolute Gasteiger partial charge is 0.269 e. The van der Waals surface area contributed by atoms with Crippen LogP contribution in [0.5, 0.6) is 0 Å². The number of hydrogen-bond acceptors (Lipinski definition) is 5. The molecule has 7 nitrogen and oxygen atoms in total. The Balaban J connectivity index is 2.11. The van der Waals surface area contributed by atoms with Crippen LogP contribution in [0.3, 0.4) is 0 Å². The van der Waals surface area contributed by atoms with Crippen LogP contribution >= 0.6 is 23.4 Å². The average Bonchev–Trinajstić information content (AvgIpc) is 2.80. The first-order valence-corrected chi connectivity index (χ1v) is 12.4. The van der Waals surface area contributed by atoms with E-state index in [4.69, 9.17) is 11.6 Å². The lowest BCUT2D eigenvalue weighted by Crippen LogP contribution is -2.51. The summed E-state index contributed by atoms with van der Waals surface area (Å²) in [5.41, 5.74) is 1.82. The number of halogens is 1. The van der Waals surface area contributed by atoms with E-state index >= 15 is 0 Å². The second kappa shape index (κ2) is 13.2. The van der Waals surface area contributed by atoms with Gasteiger partial charge < -0.3 is 10.2 Å². The Morgan fingerprint density at radius 2 is 1.67 bits per heavy atom. The highest BCUT2D eigenvalue weighted by Crippen LogP contribution is 2.20. The fraction of sp³-hybridized carbons (Fsp3) is 0.417. The van der Waals surface area contributed by atoms with Crippen LogP contribution in [0.4, 0.5) is 5.69 Å². The van der Waals surface area contributed by atoms with E-state index in [0.29, 0.717) is 23.7 Å². The van der Waals surface area contributed by atoms with Crippen LogP contribution in [-0.2, 0) is 21.9 Å². The van der Waals surface area contributed by atoms with Gasteiger partial charge in [-0.25, -0.2) is 0 Å². The van der Waals surface area contributed by atoms with Crippen molar-refractivity contribution in [3.8, 4) is 0 Å². The molecule has 0 heterocycles. The van der Waals surface area contributed by atoms with Crippen LogP contribution in [0.25, 0.3) is 0 Å². The normalized spacial score (nSPS) is 12.6. The maximum atomic E-state index is 13.2. The lowest BCUT2D eigenvalue weighted by Gasteiger charge is -2.31. The van der Waals surface area contributed by atoms with Crippen molar-refractivity contribution in [2.75, 3.05) is 5.75 Å². The van der Waals surface area contributed by atoms with Crippen LogP contribution in [0, 0.1) is 10.1 Å². The second-order valence-corrected chi connectivity index (χ2v) is 9.23. The molecule has 1 N–H and O–H groups in total. The summed E-state index contributed by atoms with van der Waals surface area (Å²) in [5, 5.41) is 14.4. The quantitative estimate of drug-likeness (QED) is 0.325. The molecule has 0 spiro atoms. The van der Waals surface area contributed by atoms with E-state index in [1.54, 1.807) is 29.2 Å². The molecule has 33 heavy (non-hydrogen) atoms. The molecule has 2 amide bonds. The summed E-state index contributed by atoms with van der Waals surface area (Å²) in [7, 11) is 0. The zero-order chi connectivity index (χ0) is 24.4. The molecule has 0 saturated heterocycles. The van der Waals surface area contributed by atoms with E-state index < -0.39 is 11.0 Å². The van der Waals surface area contributed by atoms with Gasteiger partial charge in [0.25, 0.3) is 5.69 Å². The molecule has 0 aromatic heterocycles. The maximum Gasteiger partial charge on any atom is 0.269 e. The molecule has 0 radical (unpaired) electrons. The number of nitro groups is 1. The minimum atomic E-state index is -0.581. The predicted octanol–water partition coefficient (Wildman–Crippen LogP) is 5.20. The number of nitrogens with zero attached hydrogens (tertiary/aromatic N) is 2. The van der Waals surface area contributed by atoms with Crippen molar-refractivity contribution in [1.82, 2.24) is 10.2 Å². The molecule has 0 aliphatic rings. The number of benzene rings is 2. The van der Waals surface area contributed by atoms with Gasteiger partial charge in [-0.2, -0.15) is 0 Å². The fourth-order valence-corrected chi connectivity index (χ4v) is 4.20. The Hall–Kier alpha value is -2.58. The molecule has 0 bridgehead atoms. The number of thioether (sulfide) groups is 1. The summed E-state index contributed by atoms with van der Waals surface area (Å²) >= 11 is 7.41. The highest BCUT2D eigenvalue weighted by molar-refractivity contribution is 7.99. The number of nitro benzene ring substituents is 1. The summed E-state index contributed by atoms with van der Waals surface area (Å²) in [6.07, 6.45) is 1.30. The molecule has 0 fully saturated rings. The number of carbonyl (C=O) groups excluding carboxylic acids is 2. The van der Waals surface area contributed by atoms with Gasteiger partial charge >= 0.3 is 0 Å². The Labute approximate surface area is 204 Å². The van der Waals surface area contributed by atoms with Crippen LogP contribution < -0.4 is 5.32 Å². The van der Waals surface area contributed by atoms with Gasteiger partial charge in [0.05, 0.1) is 10.7 Å². The summed E-state index contributed by atoms with van der Waals surface area (Å²) in [4.78, 5) is 38.1.